The third-order valence-corrected chi connectivity index (χ3v) is 5.19. The molecule has 0 radical (unpaired) electrons. The van der Waals surface area contributed by atoms with Crippen LogP contribution >= 0.6 is 35.0 Å². The number of thioether (sulfide) groups is 1. The van der Waals surface area contributed by atoms with Crippen LogP contribution in [0.2, 0.25) is 10.0 Å². The topological polar surface area (TPSA) is 72.2 Å². The number of nitrogens with one attached hydrogen (secondary N) is 1. The number of carbonyl (C=O) groups excluding carboxylic acids is 1. The van der Waals surface area contributed by atoms with Gasteiger partial charge in [-0.05, 0) is 54.6 Å². The molecule has 1 amide bonds. The van der Waals surface area contributed by atoms with E-state index in [-0.39, 0.29) is 17.5 Å². The molecule has 0 aliphatic carbocycles. The molecule has 0 atom stereocenters. The van der Waals surface area contributed by atoms with Crippen molar-refractivity contribution in [1.82, 2.24) is 19.8 Å². The molecule has 0 saturated carbocycles. The maximum atomic E-state index is 13.2. The van der Waals surface area contributed by atoms with Gasteiger partial charge < -0.3 is 5.32 Å². The van der Waals surface area contributed by atoms with Gasteiger partial charge in [-0.1, -0.05) is 35.0 Å². The Bertz CT molecular complexity index is 1180. The number of halogens is 3. The van der Waals surface area contributed by atoms with Gasteiger partial charge in [-0.15, -0.1) is 10.2 Å². The molecule has 2 heterocycles. The third-order valence-electron chi connectivity index (χ3n) is 3.84. The lowest BCUT2D eigenvalue weighted by Crippen LogP contribution is -2.14. The molecule has 4 aromatic rings. The molecular formula is C19H12Cl2FN5OS. The SMILES string of the molecule is O=C(CSc1ccc2nnc(-c3ccc(F)cc3)n2n1)Nc1cc(Cl)cc(Cl)c1. The maximum absolute atomic E-state index is 13.2. The van der Waals surface area contributed by atoms with Crippen molar-refractivity contribution in [3.05, 3.63) is 70.5 Å². The predicted molar refractivity (Wildman–Crippen MR) is 112 cm³/mol. The molecule has 0 bridgehead atoms. The van der Waals surface area contributed by atoms with E-state index < -0.39 is 0 Å². The summed E-state index contributed by atoms with van der Waals surface area (Å²) < 4.78 is 14.7. The molecule has 10 heteroatoms. The Morgan fingerprint density at radius 3 is 2.48 bits per heavy atom. The van der Waals surface area contributed by atoms with Crippen LogP contribution in [0.15, 0.2) is 59.6 Å². The van der Waals surface area contributed by atoms with Gasteiger partial charge in [0.25, 0.3) is 0 Å². The Morgan fingerprint density at radius 2 is 1.76 bits per heavy atom. The van der Waals surface area contributed by atoms with E-state index in [9.17, 15) is 9.18 Å². The Kier molecular flexibility index (Phi) is 5.66. The summed E-state index contributed by atoms with van der Waals surface area (Å²) in [6.07, 6.45) is 0. The second-order valence-electron chi connectivity index (χ2n) is 5.97. The fraction of sp³-hybridized carbons (Fsp3) is 0.0526. The summed E-state index contributed by atoms with van der Waals surface area (Å²) >= 11 is 13.1. The lowest BCUT2D eigenvalue weighted by molar-refractivity contribution is -0.113. The van der Waals surface area contributed by atoms with Crippen LogP contribution in [-0.2, 0) is 4.79 Å². The fourth-order valence-corrected chi connectivity index (χ4v) is 3.77. The lowest BCUT2D eigenvalue weighted by atomic mass is 10.2. The van der Waals surface area contributed by atoms with Crippen LogP contribution < -0.4 is 5.32 Å². The van der Waals surface area contributed by atoms with Crippen molar-refractivity contribution in [3.63, 3.8) is 0 Å². The average Bonchev–Trinajstić information content (AvgIpc) is 3.09. The van der Waals surface area contributed by atoms with E-state index >= 15 is 0 Å². The highest BCUT2D eigenvalue weighted by molar-refractivity contribution is 7.99. The third kappa shape index (κ3) is 4.67. The Labute approximate surface area is 179 Å². The minimum atomic E-state index is -0.334. The number of rotatable bonds is 5. The van der Waals surface area contributed by atoms with Gasteiger partial charge in [0.2, 0.25) is 5.91 Å². The van der Waals surface area contributed by atoms with Gasteiger partial charge in [0.15, 0.2) is 11.5 Å². The lowest BCUT2D eigenvalue weighted by Gasteiger charge is -2.06. The van der Waals surface area contributed by atoms with Gasteiger partial charge >= 0.3 is 0 Å². The minimum absolute atomic E-state index is 0.136. The van der Waals surface area contributed by atoms with Crippen molar-refractivity contribution in [1.29, 1.82) is 0 Å². The summed E-state index contributed by atoms with van der Waals surface area (Å²) in [4.78, 5) is 12.2. The number of anilines is 1. The highest BCUT2D eigenvalue weighted by atomic mass is 35.5. The van der Waals surface area contributed by atoms with Crippen LogP contribution in [0.5, 0.6) is 0 Å². The highest BCUT2D eigenvalue weighted by Gasteiger charge is 2.12. The molecule has 0 aliphatic rings. The second-order valence-corrected chi connectivity index (χ2v) is 7.84. The van der Waals surface area contributed by atoms with Crippen LogP contribution in [0.4, 0.5) is 10.1 Å². The molecule has 146 valence electrons. The van der Waals surface area contributed by atoms with Crippen molar-refractivity contribution in [2.75, 3.05) is 11.1 Å². The monoisotopic (exact) mass is 447 g/mol. The van der Waals surface area contributed by atoms with Crippen LogP contribution in [0.3, 0.4) is 0 Å². The molecule has 4 rings (SSSR count). The first-order valence-corrected chi connectivity index (χ1v) is 10.1. The van der Waals surface area contributed by atoms with Crippen molar-refractivity contribution in [2.24, 2.45) is 0 Å². The largest absolute Gasteiger partial charge is 0.325 e. The number of carbonyl (C=O) groups is 1. The first kappa shape index (κ1) is 19.6. The van der Waals surface area contributed by atoms with Crippen LogP contribution in [0.1, 0.15) is 0 Å². The van der Waals surface area contributed by atoms with Gasteiger partial charge in [0, 0.05) is 21.3 Å². The van der Waals surface area contributed by atoms with E-state index in [1.165, 1.54) is 23.9 Å². The molecular weight excluding hydrogens is 436 g/mol. The quantitative estimate of drug-likeness (QED) is 0.437. The normalized spacial score (nSPS) is 11.0. The summed E-state index contributed by atoms with van der Waals surface area (Å²) in [5, 5.41) is 16.9. The summed E-state index contributed by atoms with van der Waals surface area (Å²) in [7, 11) is 0. The van der Waals surface area contributed by atoms with Crippen LogP contribution in [0, 0.1) is 5.82 Å². The second kappa shape index (κ2) is 8.36. The summed E-state index contributed by atoms with van der Waals surface area (Å²) in [6, 6.07) is 14.2. The van der Waals surface area contributed by atoms with Gasteiger partial charge in [-0.25, -0.2) is 4.39 Å². The first-order valence-electron chi connectivity index (χ1n) is 8.35. The predicted octanol–water partition coefficient (Wildman–Crippen LogP) is 4.97. The van der Waals surface area contributed by atoms with Crippen LogP contribution in [-0.4, -0.2) is 31.5 Å². The molecule has 6 nitrogen and oxygen atoms in total. The van der Waals surface area contributed by atoms with Crippen molar-refractivity contribution >= 4 is 52.2 Å². The van der Waals surface area contributed by atoms with E-state index in [2.05, 4.69) is 20.6 Å². The summed E-state index contributed by atoms with van der Waals surface area (Å²) in [5.74, 6) is 0.0633. The number of hydrogen-bond donors (Lipinski definition) is 1. The van der Waals surface area contributed by atoms with Gasteiger partial charge in [0.05, 0.1) is 5.75 Å². The van der Waals surface area contributed by atoms with Crippen molar-refractivity contribution < 1.29 is 9.18 Å². The molecule has 1 N–H and O–H groups in total. The highest BCUT2D eigenvalue weighted by Crippen LogP contribution is 2.24. The Balaban J connectivity index is 1.49. The summed E-state index contributed by atoms with van der Waals surface area (Å²) in [5.41, 5.74) is 1.75. The van der Waals surface area contributed by atoms with Crippen molar-refractivity contribution in [3.8, 4) is 11.4 Å². The standard InChI is InChI=1S/C19H12Cl2FN5OS/c20-12-7-13(21)9-15(8-12)23-17(28)10-29-18-6-5-16-24-25-19(27(16)26-18)11-1-3-14(22)4-2-11/h1-9H,10H2,(H,23,28). The average molecular weight is 448 g/mol. The number of aromatic nitrogens is 4. The molecule has 2 aromatic carbocycles. The van der Waals surface area contributed by atoms with Crippen LogP contribution in [0.25, 0.3) is 17.0 Å². The zero-order valence-corrected chi connectivity index (χ0v) is 17.0. The van der Waals surface area contributed by atoms with E-state index in [4.69, 9.17) is 23.2 Å². The van der Waals surface area contributed by atoms with E-state index in [0.29, 0.717) is 37.8 Å². The number of nitrogens with zero attached hydrogens (tertiary/aromatic N) is 4. The Morgan fingerprint density at radius 1 is 1.03 bits per heavy atom. The van der Waals surface area contributed by atoms with E-state index in [1.807, 2.05) is 0 Å². The smallest absolute Gasteiger partial charge is 0.234 e. The van der Waals surface area contributed by atoms with Gasteiger partial charge in [-0.3, -0.25) is 4.79 Å². The van der Waals surface area contributed by atoms with Gasteiger partial charge in [0.1, 0.15) is 10.8 Å². The fourth-order valence-electron chi connectivity index (χ4n) is 2.59. The summed E-state index contributed by atoms with van der Waals surface area (Å²) in [6.45, 7) is 0. The molecule has 0 spiro atoms. The molecule has 0 unspecified atom stereocenters. The number of benzene rings is 2. The van der Waals surface area contributed by atoms with E-state index in [0.717, 1.165) is 0 Å². The van der Waals surface area contributed by atoms with Crippen molar-refractivity contribution in [2.45, 2.75) is 5.03 Å². The Hall–Kier alpha value is -2.68. The van der Waals surface area contributed by atoms with Gasteiger partial charge in [-0.2, -0.15) is 9.61 Å². The zero-order chi connectivity index (χ0) is 20.4. The number of fused-ring (bicyclic) bond motifs is 1. The molecule has 29 heavy (non-hydrogen) atoms. The van der Waals surface area contributed by atoms with E-state index in [1.54, 1.807) is 47.0 Å². The minimum Gasteiger partial charge on any atom is -0.325 e. The number of hydrogen-bond acceptors (Lipinski definition) is 5. The molecule has 0 fully saturated rings. The molecule has 2 aromatic heterocycles. The maximum Gasteiger partial charge on any atom is 0.234 e. The zero-order valence-electron chi connectivity index (χ0n) is 14.6. The molecule has 0 saturated heterocycles. The molecule has 0 aliphatic heterocycles. The number of amides is 1. The first-order chi connectivity index (χ1) is 14.0.